The van der Waals surface area contributed by atoms with E-state index in [9.17, 15) is 4.79 Å². The molecule has 0 saturated carbocycles. The smallest absolute Gasteiger partial charge is 0.335 e. The second-order valence-corrected chi connectivity index (χ2v) is 4.53. The predicted molar refractivity (Wildman–Crippen MR) is 83.5 cm³/mol. The minimum Gasteiger partial charge on any atom is -0.497 e. The summed E-state index contributed by atoms with van der Waals surface area (Å²) in [5.74, 6) is -0.261. The standard InChI is InChI=1S/C9H18.C8H8O3/c1-3-5-7-9-8-6-4-2;1-11-7-4-2-6(3-5-7)8(9)10/h3H,1,4-9H2,2H3;2-5H,1H3,(H,9,10). The number of unbranched alkanes of at least 4 members (excludes halogenated alkanes) is 5. The van der Waals surface area contributed by atoms with E-state index in [0.29, 0.717) is 5.75 Å². The summed E-state index contributed by atoms with van der Waals surface area (Å²) < 4.78 is 4.86. The van der Waals surface area contributed by atoms with Gasteiger partial charge in [-0.3, -0.25) is 0 Å². The third-order valence-corrected chi connectivity index (χ3v) is 2.85. The van der Waals surface area contributed by atoms with Crippen molar-refractivity contribution < 1.29 is 14.6 Å². The largest absolute Gasteiger partial charge is 0.497 e. The summed E-state index contributed by atoms with van der Waals surface area (Å²) in [4.78, 5) is 10.4. The lowest BCUT2D eigenvalue weighted by atomic mass is 10.1. The van der Waals surface area contributed by atoms with E-state index >= 15 is 0 Å². The predicted octanol–water partition coefficient (Wildman–Crippen LogP) is 4.93. The molecule has 0 atom stereocenters. The topological polar surface area (TPSA) is 46.5 Å². The van der Waals surface area contributed by atoms with Gasteiger partial charge in [0, 0.05) is 0 Å². The Morgan fingerprint density at radius 2 is 1.80 bits per heavy atom. The molecule has 1 aromatic carbocycles. The summed E-state index contributed by atoms with van der Waals surface area (Å²) in [6, 6.07) is 6.23. The molecule has 0 radical (unpaired) electrons. The molecule has 0 aliphatic carbocycles. The molecule has 0 spiro atoms. The molecule has 0 aromatic heterocycles. The molecule has 1 rings (SSSR count). The molecule has 0 aliphatic heterocycles. The summed E-state index contributed by atoms with van der Waals surface area (Å²) in [5, 5.41) is 8.51. The van der Waals surface area contributed by atoms with Crippen LogP contribution in [0.4, 0.5) is 0 Å². The van der Waals surface area contributed by atoms with Crippen molar-refractivity contribution in [3.05, 3.63) is 42.5 Å². The van der Waals surface area contributed by atoms with Crippen LogP contribution < -0.4 is 4.74 Å². The van der Waals surface area contributed by atoms with Crippen LogP contribution in [0.5, 0.6) is 5.75 Å². The zero-order valence-electron chi connectivity index (χ0n) is 12.6. The fraction of sp³-hybridized carbons (Fsp3) is 0.471. The first kappa shape index (κ1) is 18.2. The molecular weight excluding hydrogens is 252 g/mol. The Hall–Kier alpha value is -1.77. The average molecular weight is 278 g/mol. The Kier molecular flexibility index (Phi) is 11.2. The fourth-order valence-corrected chi connectivity index (χ4v) is 1.63. The molecule has 0 bridgehead atoms. The first-order valence-corrected chi connectivity index (χ1v) is 7.14. The van der Waals surface area contributed by atoms with Crippen LogP contribution in [0.25, 0.3) is 0 Å². The van der Waals surface area contributed by atoms with E-state index in [2.05, 4.69) is 13.5 Å². The number of hydrogen-bond donors (Lipinski definition) is 1. The van der Waals surface area contributed by atoms with Crippen molar-refractivity contribution in [3.63, 3.8) is 0 Å². The van der Waals surface area contributed by atoms with E-state index in [-0.39, 0.29) is 5.56 Å². The molecule has 0 fully saturated rings. The lowest BCUT2D eigenvalue weighted by molar-refractivity contribution is 0.0697. The van der Waals surface area contributed by atoms with Crippen LogP contribution >= 0.6 is 0 Å². The number of carboxylic acid groups (broad SMARTS) is 1. The van der Waals surface area contributed by atoms with Crippen LogP contribution in [-0.4, -0.2) is 18.2 Å². The molecule has 0 aliphatic rings. The van der Waals surface area contributed by atoms with Crippen molar-refractivity contribution in [3.8, 4) is 5.75 Å². The van der Waals surface area contributed by atoms with Crippen LogP contribution in [0.15, 0.2) is 36.9 Å². The number of allylic oxidation sites excluding steroid dienone is 1. The average Bonchev–Trinajstić information content (AvgIpc) is 2.48. The highest BCUT2D eigenvalue weighted by Crippen LogP contribution is 2.10. The van der Waals surface area contributed by atoms with Gasteiger partial charge >= 0.3 is 5.97 Å². The van der Waals surface area contributed by atoms with E-state index in [4.69, 9.17) is 9.84 Å². The Balaban J connectivity index is 0.000000370. The van der Waals surface area contributed by atoms with Crippen molar-refractivity contribution in [2.24, 2.45) is 0 Å². The second-order valence-electron chi connectivity index (χ2n) is 4.53. The first-order chi connectivity index (χ1) is 9.65. The lowest BCUT2D eigenvalue weighted by Crippen LogP contribution is -1.95. The maximum absolute atomic E-state index is 10.4. The quantitative estimate of drug-likeness (QED) is 0.542. The molecule has 3 nitrogen and oxygen atoms in total. The maximum Gasteiger partial charge on any atom is 0.335 e. The summed E-state index contributed by atoms with van der Waals surface area (Å²) in [6.07, 6.45) is 10.1. The SMILES string of the molecule is C=CCCCCCCC.COc1ccc(C(=O)O)cc1. The molecule has 1 aromatic rings. The normalized spacial score (nSPS) is 9.30. The van der Waals surface area contributed by atoms with Gasteiger partial charge in [0.15, 0.2) is 0 Å². The zero-order valence-corrected chi connectivity index (χ0v) is 12.6. The molecule has 0 unspecified atom stereocenters. The monoisotopic (exact) mass is 278 g/mol. The number of aromatic carboxylic acids is 1. The molecule has 3 heteroatoms. The number of carboxylic acids is 1. The highest BCUT2D eigenvalue weighted by atomic mass is 16.5. The van der Waals surface area contributed by atoms with Gasteiger partial charge in [-0.1, -0.05) is 38.7 Å². The minimum absolute atomic E-state index is 0.269. The summed E-state index contributed by atoms with van der Waals surface area (Å²) in [6.45, 7) is 5.92. The van der Waals surface area contributed by atoms with Crippen molar-refractivity contribution in [2.75, 3.05) is 7.11 Å². The van der Waals surface area contributed by atoms with Crippen molar-refractivity contribution in [1.29, 1.82) is 0 Å². The van der Waals surface area contributed by atoms with Crippen LogP contribution in [0.1, 0.15) is 55.8 Å². The molecule has 0 saturated heterocycles. The van der Waals surface area contributed by atoms with Gasteiger partial charge in [-0.2, -0.15) is 0 Å². The van der Waals surface area contributed by atoms with Crippen molar-refractivity contribution in [2.45, 2.75) is 45.4 Å². The Labute approximate surface area is 122 Å². The summed E-state index contributed by atoms with van der Waals surface area (Å²) in [7, 11) is 1.54. The van der Waals surface area contributed by atoms with Gasteiger partial charge in [0.1, 0.15) is 5.75 Å². The van der Waals surface area contributed by atoms with Crippen LogP contribution in [0.2, 0.25) is 0 Å². The van der Waals surface area contributed by atoms with Crippen LogP contribution in [-0.2, 0) is 0 Å². The van der Waals surface area contributed by atoms with Crippen LogP contribution in [0.3, 0.4) is 0 Å². The number of ether oxygens (including phenoxy) is 1. The fourth-order valence-electron chi connectivity index (χ4n) is 1.63. The Morgan fingerprint density at radius 3 is 2.25 bits per heavy atom. The highest BCUT2D eigenvalue weighted by Gasteiger charge is 2.00. The molecule has 20 heavy (non-hydrogen) atoms. The molecule has 0 amide bonds. The molecular formula is C17H26O3. The number of carbonyl (C=O) groups is 1. The minimum atomic E-state index is -0.923. The second kappa shape index (κ2) is 12.3. The Bertz CT molecular complexity index is 368. The molecule has 112 valence electrons. The van der Waals surface area contributed by atoms with Gasteiger partial charge in [-0.15, -0.1) is 6.58 Å². The van der Waals surface area contributed by atoms with E-state index < -0.39 is 5.97 Å². The Morgan fingerprint density at radius 1 is 1.20 bits per heavy atom. The summed E-state index contributed by atoms with van der Waals surface area (Å²) in [5.41, 5.74) is 0.269. The van der Waals surface area contributed by atoms with Crippen LogP contribution in [0, 0.1) is 0 Å². The van der Waals surface area contributed by atoms with Gasteiger partial charge in [0.2, 0.25) is 0 Å². The van der Waals surface area contributed by atoms with E-state index in [1.54, 1.807) is 12.1 Å². The van der Waals surface area contributed by atoms with Gasteiger partial charge in [-0.05, 0) is 37.1 Å². The first-order valence-electron chi connectivity index (χ1n) is 7.14. The maximum atomic E-state index is 10.4. The number of hydrogen-bond acceptors (Lipinski definition) is 2. The number of rotatable bonds is 8. The third-order valence-electron chi connectivity index (χ3n) is 2.85. The van der Waals surface area contributed by atoms with Gasteiger partial charge < -0.3 is 9.84 Å². The van der Waals surface area contributed by atoms with E-state index in [1.165, 1.54) is 57.8 Å². The summed E-state index contributed by atoms with van der Waals surface area (Å²) >= 11 is 0. The highest BCUT2D eigenvalue weighted by molar-refractivity contribution is 5.87. The number of methoxy groups -OCH3 is 1. The molecule has 1 N–H and O–H groups in total. The zero-order chi connectivity index (χ0) is 15.2. The van der Waals surface area contributed by atoms with Crippen molar-refractivity contribution in [1.82, 2.24) is 0 Å². The van der Waals surface area contributed by atoms with E-state index in [1.807, 2.05) is 6.08 Å². The molecule has 0 heterocycles. The third kappa shape index (κ3) is 9.20. The van der Waals surface area contributed by atoms with Gasteiger partial charge in [0.05, 0.1) is 12.7 Å². The lowest BCUT2D eigenvalue weighted by Gasteiger charge is -1.98. The van der Waals surface area contributed by atoms with Crippen molar-refractivity contribution >= 4 is 5.97 Å². The van der Waals surface area contributed by atoms with E-state index in [0.717, 1.165) is 0 Å². The number of benzene rings is 1. The van der Waals surface area contributed by atoms with Gasteiger partial charge in [0.25, 0.3) is 0 Å². The van der Waals surface area contributed by atoms with Gasteiger partial charge in [-0.25, -0.2) is 4.79 Å².